The van der Waals surface area contributed by atoms with Gasteiger partial charge in [0.05, 0.1) is 6.20 Å². The molecule has 0 unspecified atom stereocenters. The smallest absolute Gasteiger partial charge is 0.274 e. The standard InChI is InChI=1S/C11H16N4O/c12-6-9-2-1-5-15(8-9)11(16)10-7-13-3-4-14-10/h3-4,7,9H,1-2,5-6,8,12H2/t9-/m1/s1. The number of carbonyl (C=O) groups is 1. The van der Waals surface area contributed by atoms with Crippen molar-refractivity contribution in [1.82, 2.24) is 14.9 Å². The van der Waals surface area contributed by atoms with Crippen molar-refractivity contribution in [3.63, 3.8) is 0 Å². The van der Waals surface area contributed by atoms with Crippen molar-refractivity contribution in [3.05, 3.63) is 24.3 Å². The van der Waals surface area contributed by atoms with Crippen LogP contribution in [0.5, 0.6) is 0 Å². The van der Waals surface area contributed by atoms with E-state index in [-0.39, 0.29) is 5.91 Å². The van der Waals surface area contributed by atoms with Gasteiger partial charge < -0.3 is 10.6 Å². The molecule has 0 aromatic carbocycles. The SMILES string of the molecule is NC[C@H]1CCCN(C(=O)c2cnccn2)C1. The molecular formula is C11H16N4O. The fourth-order valence-corrected chi connectivity index (χ4v) is 2.01. The first kappa shape index (κ1) is 11.0. The van der Waals surface area contributed by atoms with Crippen LogP contribution in [0.2, 0.25) is 0 Å². The summed E-state index contributed by atoms with van der Waals surface area (Å²) in [6, 6.07) is 0. The zero-order valence-electron chi connectivity index (χ0n) is 9.17. The lowest BCUT2D eigenvalue weighted by atomic mass is 9.98. The van der Waals surface area contributed by atoms with E-state index in [9.17, 15) is 4.79 Å². The summed E-state index contributed by atoms with van der Waals surface area (Å²) in [4.78, 5) is 21.8. The minimum atomic E-state index is -0.0359. The summed E-state index contributed by atoms with van der Waals surface area (Å²) in [6.07, 6.45) is 6.75. The Morgan fingerprint density at radius 3 is 3.12 bits per heavy atom. The summed E-state index contributed by atoms with van der Waals surface area (Å²) in [5.41, 5.74) is 6.06. The fourth-order valence-electron chi connectivity index (χ4n) is 2.01. The number of likely N-dealkylation sites (tertiary alicyclic amines) is 1. The van der Waals surface area contributed by atoms with E-state index >= 15 is 0 Å². The average Bonchev–Trinajstić information content (AvgIpc) is 2.39. The van der Waals surface area contributed by atoms with Crippen molar-refractivity contribution in [2.24, 2.45) is 11.7 Å². The van der Waals surface area contributed by atoms with E-state index in [1.165, 1.54) is 12.4 Å². The second kappa shape index (κ2) is 5.03. The summed E-state index contributed by atoms with van der Waals surface area (Å²) >= 11 is 0. The molecule has 0 saturated carbocycles. The van der Waals surface area contributed by atoms with Crippen LogP contribution in [0.25, 0.3) is 0 Å². The van der Waals surface area contributed by atoms with E-state index in [4.69, 9.17) is 5.73 Å². The molecule has 1 amide bonds. The Hall–Kier alpha value is -1.49. The normalized spacial score (nSPS) is 20.8. The maximum Gasteiger partial charge on any atom is 0.274 e. The van der Waals surface area contributed by atoms with Crippen LogP contribution in [0.1, 0.15) is 23.3 Å². The molecule has 1 aromatic rings. The molecule has 5 nitrogen and oxygen atoms in total. The van der Waals surface area contributed by atoms with Crippen molar-refractivity contribution in [2.75, 3.05) is 19.6 Å². The maximum atomic E-state index is 12.0. The summed E-state index contributed by atoms with van der Waals surface area (Å²) < 4.78 is 0. The Morgan fingerprint density at radius 2 is 2.44 bits per heavy atom. The fraction of sp³-hybridized carbons (Fsp3) is 0.545. The highest BCUT2D eigenvalue weighted by Gasteiger charge is 2.24. The van der Waals surface area contributed by atoms with Gasteiger partial charge in [-0.25, -0.2) is 4.98 Å². The molecule has 1 fully saturated rings. The minimum absolute atomic E-state index is 0.0359. The molecule has 1 aromatic heterocycles. The second-order valence-electron chi connectivity index (χ2n) is 4.09. The van der Waals surface area contributed by atoms with Crippen molar-refractivity contribution in [1.29, 1.82) is 0 Å². The zero-order valence-corrected chi connectivity index (χ0v) is 9.17. The molecule has 1 aliphatic rings. The Kier molecular flexibility index (Phi) is 3.46. The molecule has 2 rings (SSSR count). The number of hydrogen-bond donors (Lipinski definition) is 1. The van der Waals surface area contributed by atoms with Crippen molar-refractivity contribution >= 4 is 5.91 Å². The van der Waals surface area contributed by atoms with Crippen LogP contribution in [0.4, 0.5) is 0 Å². The maximum absolute atomic E-state index is 12.0. The molecule has 5 heteroatoms. The highest BCUT2D eigenvalue weighted by Crippen LogP contribution is 2.16. The van der Waals surface area contributed by atoms with E-state index in [0.29, 0.717) is 18.2 Å². The number of nitrogens with two attached hydrogens (primary N) is 1. The van der Waals surface area contributed by atoms with Gasteiger partial charge in [-0.1, -0.05) is 0 Å². The summed E-state index contributed by atoms with van der Waals surface area (Å²) in [7, 11) is 0. The Morgan fingerprint density at radius 1 is 1.56 bits per heavy atom. The summed E-state index contributed by atoms with van der Waals surface area (Å²) in [5, 5.41) is 0. The number of piperidine rings is 1. The van der Waals surface area contributed by atoms with Gasteiger partial charge in [0.1, 0.15) is 5.69 Å². The van der Waals surface area contributed by atoms with Crippen LogP contribution in [0.15, 0.2) is 18.6 Å². The molecule has 1 atom stereocenters. The first-order chi connectivity index (χ1) is 7.81. The van der Waals surface area contributed by atoms with Gasteiger partial charge in [-0.3, -0.25) is 9.78 Å². The predicted molar refractivity (Wildman–Crippen MR) is 59.7 cm³/mol. The molecule has 0 bridgehead atoms. The summed E-state index contributed by atoms with van der Waals surface area (Å²) in [5.74, 6) is 0.389. The van der Waals surface area contributed by atoms with Gasteiger partial charge in [-0.05, 0) is 25.3 Å². The zero-order chi connectivity index (χ0) is 11.4. The highest BCUT2D eigenvalue weighted by molar-refractivity contribution is 5.92. The number of aromatic nitrogens is 2. The quantitative estimate of drug-likeness (QED) is 0.777. The molecule has 0 radical (unpaired) electrons. The van der Waals surface area contributed by atoms with Crippen molar-refractivity contribution in [3.8, 4) is 0 Å². The number of amides is 1. The Balaban J connectivity index is 2.05. The van der Waals surface area contributed by atoms with Crippen LogP contribution in [-0.4, -0.2) is 40.4 Å². The molecule has 2 N–H and O–H groups in total. The summed E-state index contributed by atoms with van der Waals surface area (Å²) in [6.45, 7) is 2.18. The third-order valence-electron chi connectivity index (χ3n) is 2.92. The molecule has 86 valence electrons. The van der Waals surface area contributed by atoms with Crippen LogP contribution in [0, 0.1) is 5.92 Å². The monoisotopic (exact) mass is 220 g/mol. The minimum Gasteiger partial charge on any atom is -0.337 e. The average molecular weight is 220 g/mol. The number of carbonyl (C=O) groups excluding carboxylic acids is 1. The lowest BCUT2D eigenvalue weighted by molar-refractivity contribution is 0.0671. The topological polar surface area (TPSA) is 72.1 Å². The van der Waals surface area contributed by atoms with Crippen molar-refractivity contribution in [2.45, 2.75) is 12.8 Å². The third kappa shape index (κ3) is 2.36. The van der Waals surface area contributed by atoms with Gasteiger partial charge in [0.15, 0.2) is 0 Å². The van der Waals surface area contributed by atoms with E-state index in [0.717, 1.165) is 25.9 Å². The van der Waals surface area contributed by atoms with E-state index in [1.807, 2.05) is 4.90 Å². The van der Waals surface area contributed by atoms with Gasteiger partial charge in [-0.15, -0.1) is 0 Å². The molecule has 0 spiro atoms. The second-order valence-corrected chi connectivity index (χ2v) is 4.09. The largest absolute Gasteiger partial charge is 0.337 e. The Bertz CT molecular complexity index is 354. The van der Waals surface area contributed by atoms with Crippen LogP contribution in [-0.2, 0) is 0 Å². The van der Waals surface area contributed by atoms with Crippen molar-refractivity contribution < 1.29 is 4.79 Å². The number of hydrogen-bond acceptors (Lipinski definition) is 4. The molecule has 1 aliphatic heterocycles. The highest BCUT2D eigenvalue weighted by atomic mass is 16.2. The van der Waals surface area contributed by atoms with E-state index < -0.39 is 0 Å². The Labute approximate surface area is 94.7 Å². The lowest BCUT2D eigenvalue weighted by Crippen LogP contribution is -2.42. The van der Waals surface area contributed by atoms with Crippen LogP contribution in [0.3, 0.4) is 0 Å². The lowest BCUT2D eigenvalue weighted by Gasteiger charge is -2.31. The molecule has 1 saturated heterocycles. The molecule has 16 heavy (non-hydrogen) atoms. The number of nitrogens with zero attached hydrogens (tertiary/aromatic N) is 3. The first-order valence-corrected chi connectivity index (χ1v) is 5.56. The van der Waals surface area contributed by atoms with Gasteiger partial charge >= 0.3 is 0 Å². The molecule has 2 heterocycles. The van der Waals surface area contributed by atoms with E-state index in [2.05, 4.69) is 9.97 Å². The first-order valence-electron chi connectivity index (χ1n) is 5.56. The van der Waals surface area contributed by atoms with Crippen LogP contribution >= 0.6 is 0 Å². The van der Waals surface area contributed by atoms with E-state index in [1.54, 1.807) is 6.20 Å². The number of rotatable bonds is 2. The van der Waals surface area contributed by atoms with Gasteiger partial charge in [0.2, 0.25) is 0 Å². The van der Waals surface area contributed by atoms with Crippen LogP contribution < -0.4 is 5.73 Å². The third-order valence-corrected chi connectivity index (χ3v) is 2.92. The molecule has 0 aliphatic carbocycles. The molecular weight excluding hydrogens is 204 g/mol. The predicted octanol–water partition coefficient (Wildman–Crippen LogP) is 0.287. The van der Waals surface area contributed by atoms with Gasteiger partial charge in [-0.2, -0.15) is 0 Å². The van der Waals surface area contributed by atoms with Gasteiger partial charge in [0, 0.05) is 25.5 Å². The van der Waals surface area contributed by atoms with Gasteiger partial charge in [0.25, 0.3) is 5.91 Å².